The minimum atomic E-state index is 0.472. The molecule has 266 valence electrons. The Morgan fingerprint density at radius 3 is 0.839 bits per heavy atom. The molecule has 2 aliphatic rings. The minimum Gasteiger partial charge on any atom is -0.396 e. The third kappa shape index (κ3) is 4.66. The first-order valence-corrected chi connectivity index (χ1v) is 18.6. The largest absolute Gasteiger partial charge is 0.396 e. The second kappa shape index (κ2) is 12.4. The zero-order chi connectivity index (χ0) is 37.3. The highest BCUT2D eigenvalue weighted by atomic mass is 15.3. The van der Waals surface area contributed by atoms with Crippen molar-refractivity contribution in [3.05, 3.63) is 182 Å². The maximum Gasteiger partial charge on any atom is 0.0988 e. The molecule has 4 N–H and O–H groups in total. The summed E-state index contributed by atoms with van der Waals surface area (Å²) in [5, 5.41) is 1.50. The molecule has 0 bridgehead atoms. The zero-order valence-electron chi connectivity index (χ0n) is 30.2. The standard InChI is InChI=1S/C48H34N8/c49-45-35-27-33(55-41-23-11-7-19-37(41)53(31-15-3-1-4-16-31)38-20-8-12-24-42(38)55)29-51-47(35)48-36(46(45)50)28-34(30-52-48)56-43-25-13-9-21-39(43)54(32-17-5-2-6-18-32)40-22-10-14-26-44(40)56/h1-30H,49-50H2. The predicted molar refractivity (Wildman–Crippen MR) is 232 cm³/mol. The van der Waals surface area contributed by atoms with Gasteiger partial charge in [0.1, 0.15) is 0 Å². The van der Waals surface area contributed by atoms with Crippen molar-refractivity contribution in [2.24, 2.45) is 0 Å². The van der Waals surface area contributed by atoms with Gasteiger partial charge >= 0.3 is 0 Å². The van der Waals surface area contributed by atoms with Gasteiger partial charge in [-0.15, -0.1) is 0 Å². The molecule has 0 radical (unpaired) electrons. The first-order chi connectivity index (χ1) is 27.7. The summed E-state index contributed by atoms with van der Waals surface area (Å²) < 4.78 is 0. The van der Waals surface area contributed by atoms with E-state index in [4.69, 9.17) is 21.4 Å². The van der Waals surface area contributed by atoms with E-state index < -0.39 is 0 Å². The second-order valence-corrected chi connectivity index (χ2v) is 14.0. The van der Waals surface area contributed by atoms with Gasteiger partial charge in [0, 0.05) is 22.1 Å². The lowest BCUT2D eigenvalue weighted by Crippen LogP contribution is -2.24. The number of hydrogen-bond donors (Lipinski definition) is 2. The maximum absolute atomic E-state index is 6.99. The molecule has 0 amide bonds. The van der Waals surface area contributed by atoms with E-state index in [9.17, 15) is 0 Å². The van der Waals surface area contributed by atoms with E-state index in [1.54, 1.807) is 0 Å². The Hall–Kier alpha value is -7.84. The number of nitrogens with zero attached hydrogens (tertiary/aromatic N) is 6. The first kappa shape index (κ1) is 31.7. The van der Waals surface area contributed by atoms with Gasteiger partial charge in [-0.05, 0) is 84.9 Å². The smallest absolute Gasteiger partial charge is 0.0988 e. The predicted octanol–water partition coefficient (Wildman–Crippen LogP) is 12.5. The van der Waals surface area contributed by atoms with Crippen molar-refractivity contribution in [3.63, 3.8) is 0 Å². The number of fused-ring (bicyclic) bond motifs is 7. The van der Waals surface area contributed by atoms with Gasteiger partial charge in [0.15, 0.2) is 0 Å². The van der Waals surface area contributed by atoms with Crippen LogP contribution < -0.4 is 31.1 Å². The number of anilines is 14. The molecular weight excluding hydrogens is 689 g/mol. The molecule has 56 heavy (non-hydrogen) atoms. The Morgan fingerprint density at radius 2 is 0.554 bits per heavy atom. The van der Waals surface area contributed by atoms with Crippen LogP contribution in [-0.2, 0) is 0 Å². The molecule has 0 spiro atoms. The third-order valence-electron chi connectivity index (χ3n) is 10.8. The SMILES string of the molecule is Nc1c(N)c2cc(N3c4ccccc4N(c4ccccc4)c4ccccc43)cnc2c2ncc(N3c4ccccc4N(c4ccccc4)c4ccccc43)cc12. The van der Waals surface area contributed by atoms with E-state index in [0.29, 0.717) is 22.4 Å². The Balaban J connectivity index is 1.05. The van der Waals surface area contributed by atoms with Crippen LogP contribution in [0.3, 0.4) is 0 Å². The quantitative estimate of drug-likeness (QED) is 0.105. The minimum absolute atomic E-state index is 0.472. The summed E-state index contributed by atoms with van der Waals surface area (Å²) in [6.07, 6.45) is 3.82. The Labute approximate surface area is 323 Å². The molecule has 9 aromatic rings. The number of rotatable bonds is 4. The van der Waals surface area contributed by atoms with E-state index in [2.05, 4.69) is 177 Å². The van der Waals surface area contributed by atoms with Gasteiger partial charge in [-0.25, -0.2) is 0 Å². The van der Waals surface area contributed by atoms with Gasteiger partial charge in [-0.2, -0.15) is 0 Å². The summed E-state index contributed by atoms with van der Waals surface area (Å²) in [7, 11) is 0. The van der Waals surface area contributed by atoms with Crippen LogP contribution in [0.2, 0.25) is 0 Å². The molecule has 0 saturated heterocycles. The van der Waals surface area contributed by atoms with E-state index in [1.807, 2.05) is 24.5 Å². The first-order valence-electron chi connectivity index (χ1n) is 18.6. The zero-order valence-corrected chi connectivity index (χ0v) is 30.2. The van der Waals surface area contributed by atoms with E-state index in [-0.39, 0.29) is 0 Å². The highest BCUT2D eigenvalue weighted by Gasteiger charge is 2.32. The lowest BCUT2D eigenvalue weighted by molar-refractivity contribution is 1.16. The highest BCUT2D eigenvalue weighted by molar-refractivity contribution is 6.18. The third-order valence-corrected chi connectivity index (χ3v) is 10.8. The molecule has 0 atom stereocenters. The number of benzene rings is 7. The van der Waals surface area contributed by atoms with Gasteiger partial charge in [0.25, 0.3) is 0 Å². The molecule has 11 rings (SSSR count). The summed E-state index contributed by atoms with van der Waals surface area (Å²) in [5.74, 6) is 0. The molecule has 0 fully saturated rings. The van der Waals surface area contributed by atoms with Crippen molar-refractivity contribution < 1.29 is 0 Å². The van der Waals surface area contributed by atoms with E-state index >= 15 is 0 Å². The van der Waals surface area contributed by atoms with Crippen LogP contribution in [0.1, 0.15) is 0 Å². The number of pyridine rings is 2. The molecule has 2 aromatic heterocycles. The Bertz CT molecular complexity index is 2690. The second-order valence-electron chi connectivity index (χ2n) is 14.0. The average molecular weight is 723 g/mol. The monoisotopic (exact) mass is 722 g/mol. The van der Waals surface area contributed by atoms with Gasteiger partial charge in [-0.3, -0.25) is 9.97 Å². The number of hydrogen-bond acceptors (Lipinski definition) is 8. The van der Waals surface area contributed by atoms with Crippen molar-refractivity contribution in [2.75, 3.05) is 31.1 Å². The molecule has 4 heterocycles. The molecule has 7 aromatic carbocycles. The number of nitrogens with two attached hydrogens (primary N) is 2. The average Bonchev–Trinajstić information content (AvgIpc) is 3.26. The van der Waals surface area contributed by atoms with Gasteiger partial charge < -0.3 is 31.1 Å². The fourth-order valence-corrected chi connectivity index (χ4v) is 8.39. The maximum atomic E-state index is 6.99. The van der Waals surface area contributed by atoms with E-state index in [1.165, 1.54) is 0 Å². The van der Waals surface area contributed by atoms with Crippen LogP contribution in [0.25, 0.3) is 21.8 Å². The van der Waals surface area contributed by atoms with Gasteiger partial charge in [-0.1, -0.05) is 84.9 Å². The van der Waals surface area contributed by atoms with Crippen molar-refractivity contribution in [1.29, 1.82) is 0 Å². The van der Waals surface area contributed by atoms with Crippen LogP contribution in [-0.4, -0.2) is 9.97 Å². The van der Waals surface area contributed by atoms with Crippen molar-refractivity contribution >= 4 is 101 Å². The summed E-state index contributed by atoms with van der Waals surface area (Å²) in [5.41, 5.74) is 28.6. The van der Waals surface area contributed by atoms with Crippen molar-refractivity contribution in [3.8, 4) is 0 Å². The Morgan fingerprint density at radius 1 is 0.304 bits per heavy atom. The normalized spacial score (nSPS) is 13.0. The van der Waals surface area contributed by atoms with Crippen LogP contribution in [0, 0.1) is 0 Å². The van der Waals surface area contributed by atoms with Crippen molar-refractivity contribution in [1.82, 2.24) is 9.97 Å². The molecule has 0 unspecified atom stereocenters. The van der Waals surface area contributed by atoms with Crippen LogP contribution >= 0.6 is 0 Å². The molecule has 8 nitrogen and oxygen atoms in total. The van der Waals surface area contributed by atoms with Gasteiger partial charge in [0.2, 0.25) is 0 Å². The van der Waals surface area contributed by atoms with Crippen LogP contribution in [0.4, 0.5) is 79.6 Å². The highest BCUT2D eigenvalue weighted by Crippen LogP contribution is 2.56. The molecule has 0 saturated carbocycles. The van der Waals surface area contributed by atoms with Crippen molar-refractivity contribution in [2.45, 2.75) is 0 Å². The molecule has 0 aliphatic carbocycles. The Kier molecular flexibility index (Phi) is 6.99. The molecular formula is C48H34N8. The number of para-hydroxylation sites is 10. The number of nitrogen functional groups attached to an aromatic ring is 2. The van der Waals surface area contributed by atoms with Crippen LogP contribution in [0.5, 0.6) is 0 Å². The van der Waals surface area contributed by atoms with E-state index in [0.717, 1.165) is 79.0 Å². The molecule has 8 heteroatoms. The summed E-state index contributed by atoms with van der Waals surface area (Å²) in [4.78, 5) is 19.3. The fourth-order valence-electron chi connectivity index (χ4n) is 8.39. The van der Waals surface area contributed by atoms with Crippen LogP contribution in [0.15, 0.2) is 182 Å². The lowest BCUT2D eigenvalue weighted by atomic mass is 10.0. The lowest BCUT2D eigenvalue weighted by Gasteiger charge is -2.40. The fraction of sp³-hybridized carbons (Fsp3) is 0. The summed E-state index contributed by atoms with van der Waals surface area (Å²) in [6.45, 7) is 0. The number of aromatic nitrogens is 2. The summed E-state index contributed by atoms with van der Waals surface area (Å²) in [6, 6.07) is 58.8. The van der Waals surface area contributed by atoms with Gasteiger partial charge in [0.05, 0.1) is 91.7 Å². The molecule has 2 aliphatic heterocycles. The topological polar surface area (TPSA) is 90.8 Å². The summed E-state index contributed by atoms with van der Waals surface area (Å²) >= 11 is 0.